The van der Waals surface area contributed by atoms with Crippen molar-refractivity contribution >= 4 is 34.4 Å². The van der Waals surface area contributed by atoms with E-state index < -0.39 is 5.97 Å². The summed E-state index contributed by atoms with van der Waals surface area (Å²) in [6.07, 6.45) is 0. The van der Waals surface area contributed by atoms with E-state index in [0.29, 0.717) is 0 Å². The fourth-order valence-corrected chi connectivity index (χ4v) is 1.57. The van der Waals surface area contributed by atoms with Crippen molar-refractivity contribution in [3.63, 3.8) is 0 Å². The number of nitrogens with two attached hydrogens (primary N) is 2. The van der Waals surface area contributed by atoms with Crippen LogP contribution < -0.4 is 11.5 Å². The maximum Gasteiger partial charge on any atom is 0.340 e. The first kappa shape index (κ1) is 15.1. The van der Waals surface area contributed by atoms with Gasteiger partial charge in [-0.3, -0.25) is 0 Å². The van der Waals surface area contributed by atoms with Crippen molar-refractivity contribution in [2.24, 2.45) is 30.7 Å². The van der Waals surface area contributed by atoms with Crippen LogP contribution in [0.15, 0.2) is 30.7 Å². The Hall–Kier alpha value is -2.91. The van der Waals surface area contributed by atoms with Gasteiger partial charge in [0.15, 0.2) is 0 Å². The third kappa shape index (κ3) is 2.58. The minimum absolute atomic E-state index is 0.0360. The van der Waals surface area contributed by atoms with E-state index >= 15 is 0 Å². The molecule has 0 spiro atoms. The number of carbonyl (C=O) groups is 1. The van der Waals surface area contributed by atoms with Gasteiger partial charge in [0, 0.05) is 21.1 Å². The topological polar surface area (TPSA) is 164 Å². The van der Waals surface area contributed by atoms with Gasteiger partial charge >= 0.3 is 5.97 Å². The van der Waals surface area contributed by atoms with Gasteiger partial charge in [-0.15, -0.1) is 0 Å². The van der Waals surface area contributed by atoms with Gasteiger partial charge in [0.25, 0.3) is 0 Å². The smallest absolute Gasteiger partial charge is 0.340 e. The summed E-state index contributed by atoms with van der Waals surface area (Å²) in [5.41, 5.74) is 11.2. The monoisotopic (exact) mass is 278 g/mol. The molecule has 0 heterocycles. The van der Waals surface area contributed by atoms with E-state index in [-0.39, 0.29) is 34.0 Å². The molecule has 0 aliphatic carbocycles. The van der Waals surface area contributed by atoms with E-state index in [2.05, 4.69) is 30.7 Å². The van der Waals surface area contributed by atoms with Gasteiger partial charge in [0.1, 0.15) is 22.6 Å². The molecular formula is C10H14N8O2. The van der Waals surface area contributed by atoms with E-state index in [9.17, 15) is 9.90 Å². The molecule has 0 bridgehead atoms. The van der Waals surface area contributed by atoms with Crippen molar-refractivity contribution in [1.29, 1.82) is 0 Å². The second-order valence-corrected chi connectivity index (χ2v) is 3.45. The minimum atomic E-state index is -1.30. The van der Waals surface area contributed by atoms with Gasteiger partial charge in [-0.25, -0.2) is 4.79 Å². The molecule has 0 aliphatic rings. The Kier molecular flexibility index (Phi) is 4.78. The lowest BCUT2D eigenvalue weighted by atomic mass is 10.1. The van der Waals surface area contributed by atoms with E-state index in [1.807, 2.05) is 0 Å². The normalized spacial score (nSPS) is 11.9. The van der Waals surface area contributed by atoms with Gasteiger partial charge in [-0.1, -0.05) is 0 Å². The van der Waals surface area contributed by atoms with Gasteiger partial charge in [-0.2, -0.15) is 30.7 Å². The number of carboxylic acid groups (broad SMARTS) is 1. The summed E-state index contributed by atoms with van der Waals surface area (Å²) < 4.78 is 0. The number of azo groups is 3. The summed E-state index contributed by atoms with van der Waals surface area (Å²) in [6, 6.07) is 0. The van der Waals surface area contributed by atoms with Crippen LogP contribution in [0.4, 0.5) is 28.4 Å². The zero-order valence-electron chi connectivity index (χ0n) is 11.2. The van der Waals surface area contributed by atoms with Crippen molar-refractivity contribution in [2.75, 3.05) is 32.6 Å². The fraction of sp³-hybridized carbons (Fsp3) is 0.300. The molecule has 10 heteroatoms. The van der Waals surface area contributed by atoms with Crippen LogP contribution in [0.1, 0.15) is 10.4 Å². The molecule has 0 amide bonds. The molecular weight excluding hydrogens is 264 g/mol. The lowest BCUT2D eigenvalue weighted by Crippen LogP contribution is -2.04. The molecule has 106 valence electrons. The molecule has 5 N–H and O–H groups in total. The van der Waals surface area contributed by atoms with Crippen LogP contribution in [0, 0.1) is 0 Å². The van der Waals surface area contributed by atoms with Crippen molar-refractivity contribution in [1.82, 2.24) is 0 Å². The molecule has 0 saturated heterocycles. The average Bonchev–Trinajstić information content (AvgIpc) is 2.40. The van der Waals surface area contributed by atoms with Crippen molar-refractivity contribution < 1.29 is 9.90 Å². The maximum absolute atomic E-state index is 11.4. The molecule has 1 aromatic rings. The van der Waals surface area contributed by atoms with Crippen LogP contribution in [0.3, 0.4) is 0 Å². The summed E-state index contributed by atoms with van der Waals surface area (Å²) in [5.74, 6) is -1.30. The molecule has 0 fully saturated rings. The Morgan fingerprint density at radius 1 is 0.850 bits per heavy atom. The van der Waals surface area contributed by atoms with Gasteiger partial charge < -0.3 is 16.6 Å². The number of anilines is 2. The largest absolute Gasteiger partial charge is 0.478 e. The first-order valence-electron chi connectivity index (χ1n) is 5.37. The number of benzene rings is 1. The number of rotatable bonds is 4. The fourth-order valence-electron chi connectivity index (χ4n) is 1.57. The molecule has 0 radical (unpaired) electrons. The third-order valence-electron chi connectivity index (χ3n) is 2.31. The molecule has 0 saturated carbocycles. The van der Waals surface area contributed by atoms with E-state index in [1.54, 1.807) is 0 Å². The Labute approximate surface area is 114 Å². The molecule has 0 aromatic heterocycles. The lowest BCUT2D eigenvalue weighted by molar-refractivity contribution is 0.0698. The van der Waals surface area contributed by atoms with Crippen LogP contribution in [0.25, 0.3) is 0 Å². The van der Waals surface area contributed by atoms with Crippen LogP contribution >= 0.6 is 0 Å². The van der Waals surface area contributed by atoms with Gasteiger partial charge in [0.2, 0.25) is 0 Å². The Balaban J connectivity index is 3.94. The van der Waals surface area contributed by atoms with E-state index in [4.69, 9.17) is 11.5 Å². The molecule has 0 unspecified atom stereocenters. The Morgan fingerprint density at radius 3 is 1.50 bits per heavy atom. The molecule has 10 nitrogen and oxygen atoms in total. The zero-order chi connectivity index (χ0) is 15.3. The van der Waals surface area contributed by atoms with Gasteiger partial charge in [-0.05, 0) is 0 Å². The number of nitrogen functional groups attached to an aromatic ring is 2. The van der Waals surface area contributed by atoms with Crippen molar-refractivity contribution in [2.45, 2.75) is 0 Å². The molecule has 1 aromatic carbocycles. The first-order valence-corrected chi connectivity index (χ1v) is 5.37. The lowest BCUT2D eigenvalue weighted by Gasteiger charge is -2.12. The summed E-state index contributed by atoms with van der Waals surface area (Å²) in [5, 5.41) is 31.2. The number of aromatic carboxylic acids is 1. The molecule has 0 aliphatic heterocycles. The predicted molar refractivity (Wildman–Crippen MR) is 73.5 cm³/mol. The number of nitrogens with zero attached hydrogens (tertiary/aromatic N) is 6. The number of hydrogen-bond donors (Lipinski definition) is 3. The molecule has 20 heavy (non-hydrogen) atoms. The SMILES string of the molecule is CN=Nc1c(N)c(N=NC)c(C(=O)O)c(N=NC)c1N. The zero-order valence-corrected chi connectivity index (χ0v) is 11.2. The average molecular weight is 278 g/mol. The van der Waals surface area contributed by atoms with Crippen LogP contribution in [-0.2, 0) is 0 Å². The predicted octanol–water partition coefficient (Wildman–Crippen LogP) is 2.69. The van der Waals surface area contributed by atoms with Crippen molar-refractivity contribution in [3.05, 3.63) is 5.56 Å². The quantitative estimate of drug-likeness (QED) is 0.569. The van der Waals surface area contributed by atoms with Crippen LogP contribution in [0.5, 0.6) is 0 Å². The van der Waals surface area contributed by atoms with E-state index in [0.717, 1.165) is 0 Å². The first-order chi connectivity index (χ1) is 9.49. The number of hydrogen-bond acceptors (Lipinski definition) is 9. The van der Waals surface area contributed by atoms with Gasteiger partial charge in [0.05, 0.1) is 11.4 Å². The van der Waals surface area contributed by atoms with Crippen molar-refractivity contribution in [3.8, 4) is 0 Å². The summed E-state index contributed by atoms with van der Waals surface area (Å²) >= 11 is 0. The van der Waals surface area contributed by atoms with E-state index in [1.165, 1.54) is 21.1 Å². The molecule has 0 atom stereocenters. The minimum Gasteiger partial charge on any atom is -0.478 e. The Bertz CT molecular complexity index is 581. The third-order valence-corrected chi connectivity index (χ3v) is 2.31. The van der Waals surface area contributed by atoms with Crippen LogP contribution in [0.2, 0.25) is 0 Å². The second-order valence-electron chi connectivity index (χ2n) is 3.45. The maximum atomic E-state index is 11.4. The highest BCUT2D eigenvalue weighted by Gasteiger charge is 2.26. The summed E-state index contributed by atoms with van der Waals surface area (Å²) in [6.45, 7) is 0. The molecule has 1 rings (SSSR count). The second kappa shape index (κ2) is 6.31. The summed E-state index contributed by atoms with van der Waals surface area (Å²) in [7, 11) is 4.18. The Morgan fingerprint density at radius 2 is 1.20 bits per heavy atom. The number of carboxylic acids is 1. The highest BCUT2D eigenvalue weighted by Crippen LogP contribution is 2.48. The standard InChI is InChI=1S/C10H14N8O2/c1-13-16-7-4(10(19)20)8(17-14-2)6(12)9(5(7)11)18-15-3/h11-12H2,1-3H3,(H,19,20). The van der Waals surface area contributed by atoms with Crippen LogP contribution in [-0.4, -0.2) is 32.2 Å². The highest BCUT2D eigenvalue weighted by atomic mass is 16.4. The highest BCUT2D eigenvalue weighted by molar-refractivity contribution is 6.09. The summed E-state index contributed by atoms with van der Waals surface area (Å²) in [4.78, 5) is 11.4.